The number of carbonyl (C=O) groups excluding carboxylic acids is 1. The van der Waals surface area contributed by atoms with Crippen LogP contribution in [0, 0.1) is 5.92 Å². The summed E-state index contributed by atoms with van der Waals surface area (Å²) in [6.45, 7) is 5.19. The number of ether oxygens (including phenoxy) is 2. The summed E-state index contributed by atoms with van der Waals surface area (Å²) >= 11 is 0. The van der Waals surface area contributed by atoms with Crippen LogP contribution in [0.15, 0.2) is 11.6 Å². The zero-order chi connectivity index (χ0) is 11.8. The molecule has 1 aliphatic heterocycles. The normalized spacial score (nSPS) is 18.5. The third-order valence-corrected chi connectivity index (χ3v) is 2.83. The molecule has 0 spiro atoms. The number of piperidine rings is 1. The summed E-state index contributed by atoms with van der Waals surface area (Å²) in [6.07, 6.45) is 4.13. The number of esters is 1. The quantitative estimate of drug-likeness (QED) is 0.434. The van der Waals surface area contributed by atoms with Crippen LogP contribution in [0.2, 0.25) is 0 Å². The standard InChI is InChI=1S/C12H21NO3/c1-10(12(14)15-2)5-8-16-9-11-3-6-13-7-4-11/h5,11,13H,3-4,6-9H2,1-2H3. The molecule has 1 saturated heterocycles. The van der Waals surface area contributed by atoms with Crippen LogP contribution >= 0.6 is 0 Å². The zero-order valence-electron chi connectivity index (χ0n) is 10.1. The van der Waals surface area contributed by atoms with E-state index in [1.165, 1.54) is 20.0 Å². The first-order chi connectivity index (χ1) is 7.74. The lowest BCUT2D eigenvalue weighted by molar-refractivity contribution is -0.136. The molecular formula is C12H21NO3. The predicted molar refractivity (Wildman–Crippen MR) is 62.2 cm³/mol. The molecule has 1 N–H and O–H groups in total. The molecule has 0 aromatic carbocycles. The lowest BCUT2D eigenvalue weighted by atomic mass is 9.99. The van der Waals surface area contributed by atoms with Gasteiger partial charge in [-0.15, -0.1) is 0 Å². The van der Waals surface area contributed by atoms with Crippen LogP contribution in [-0.4, -0.2) is 39.4 Å². The number of hydrogen-bond donors (Lipinski definition) is 1. The first kappa shape index (κ1) is 13.2. The van der Waals surface area contributed by atoms with Crippen molar-refractivity contribution in [1.29, 1.82) is 0 Å². The fourth-order valence-corrected chi connectivity index (χ4v) is 1.71. The van der Waals surface area contributed by atoms with Gasteiger partial charge in [0, 0.05) is 12.2 Å². The number of methoxy groups -OCH3 is 1. The van der Waals surface area contributed by atoms with Gasteiger partial charge in [-0.2, -0.15) is 0 Å². The minimum absolute atomic E-state index is 0.287. The molecule has 92 valence electrons. The first-order valence-electron chi connectivity index (χ1n) is 5.77. The maximum Gasteiger partial charge on any atom is 0.333 e. The Bertz CT molecular complexity index is 245. The Labute approximate surface area is 97.0 Å². The highest BCUT2D eigenvalue weighted by Crippen LogP contribution is 2.11. The molecule has 0 radical (unpaired) electrons. The van der Waals surface area contributed by atoms with Crippen molar-refractivity contribution in [1.82, 2.24) is 5.32 Å². The average Bonchev–Trinajstić information content (AvgIpc) is 2.34. The van der Waals surface area contributed by atoms with E-state index in [0.29, 0.717) is 18.1 Å². The molecule has 1 fully saturated rings. The molecule has 0 aliphatic carbocycles. The number of rotatable bonds is 5. The molecule has 1 aliphatic rings. The minimum atomic E-state index is -0.287. The highest BCUT2D eigenvalue weighted by Gasteiger charge is 2.12. The zero-order valence-corrected chi connectivity index (χ0v) is 10.1. The van der Waals surface area contributed by atoms with Crippen molar-refractivity contribution < 1.29 is 14.3 Å². The second-order valence-corrected chi connectivity index (χ2v) is 4.11. The monoisotopic (exact) mass is 227 g/mol. The van der Waals surface area contributed by atoms with Gasteiger partial charge in [-0.1, -0.05) is 0 Å². The van der Waals surface area contributed by atoms with E-state index in [0.717, 1.165) is 19.7 Å². The Morgan fingerprint density at radius 3 is 2.75 bits per heavy atom. The third kappa shape index (κ3) is 4.77. The summed E-state index contributed by atoms with van der Waals surface area (Å²) in [6, 6.07) is 0. The fraction of sp³-hybridized carbons (Fsp3) is 0.750. The Kier molecular flexibility index (Phi) is 6.11. The van der Waals surface area contributed by atoms with Crippen molar-refractivity contribution in [2.45, 2.75) is 19.8 Å². The maximum atomic E-state index is 11.1. The van der Waals surface area contributed by atoms with Crippen LogP contribution in [0.5, 0.6) is 0 Å². The largest absolute Gasteiger partial charge is 0.466 e. The molecule has 0 amide bonds. The van der Waals surface area contributed by atoms with Gasteiger partial charge in [0.25, 0.3) is 0 Å². The molecule has 4 nitrogen and oxygen atoms in total. The van der Waals surface area contributed by atoms with E-state index < -0.39 is 0 Å². The SMILES string of the molecule is COC(=O)C(C)=CCOCC1CCNCC1. The highest BCUT2D eigenvalue weighted by atomic mass is 16.5. The molecule has 0 atom stereocenters. The maximum absolute atomic E-state index is 11.1. The number of hydrogen-bond acceptors (Lipinski definition) is 4. The van der Waals surface area contributed by atoms with Crippen LogP contribution < -0.4 is 5.32 Å². The van der Waals surface area contributed by atoms with Crippen molar-refractivity contribution in [2.75, 3.05) is 33.4 Å². The van der Waals surface area contributed by atoms with Gasteiger partial charge in [-0.3, -0.25) is 0 Å². The minimum Gasteiger partial charge on any atom is -0.466 e. The van der Waals surface area contributed by atoms with Crippen LogP contribution in [0.1, 0.15) is 19.8 Å². The van der Waals surface area contributed by atoms with Crippen LogP contribution in [0.25, 0.3) is 0 Å². The van der Waals surface area contributed by atoms with E-state index in [9.17, 15) is 4.79 Å². The number of nitrogens with one attached hydrogen (secondary N) is 1. The average molecular weight is 227 g/mol. The lowest BCUT2D eigenvalue weighted by Crippen LogP contribution is -2.29. The summed E-state index contributed by atoms with van der Waals surface area (Å²) in [5.41, 5.74) is 0.604. The molecule has 16 heavy (non-hydrogen) atoms. The van der Waals surface area contributed by atoms with Gasteiger partial charge in [-0.05, 0) is 44.8 Å². The van der Waals surface area contributed by atoms with Crippen molar-refractivity contribution in [2.24, 2.45) is 5.92 Å². The summed E-state index contributed by atoms with van der Waals surface area (Å²) in [4.78, 5) is 11.1. The fourth-order valence-electron chi connectivity index (χ4n) is 1.71. The Morgan fingerprint density at radius 2 is 2.12 bits per heavy atom. The van der Waals surface area contributed by atoms with Crippen molar-refractivity contribution in [3.63, 3.8) is 0 Å². The number of carbonyl (C=O) groups is 1. The van der Waals surface area contributed by atoms with E-state index in [2.05, 4.69) is 10.1 Å². The molecule has 0 saturated carbocycles. The lowest BCUT2D eigenvalue weighted by Gasteiger charge is -2.21. The van der Waals surface area contributed by atoms with Crippen molar-refractivity contribution >= 4 is 5.97 Å². The Morgan fingerprint density at radius 1 is 1.44 bits per heavy atom. The van der Waals surface area contributed by atoms with Gasteiger partial charge < -0.3 is 14.8 Å². The van der Waals surface area contributed by atoms with Gasteiger partial charge >= 0.3 is 5.97 Å². The summed E-state index contributed by atoms with van der Waals surface area (Å²) < 4.78 is 10.1. The second kappa shape index (κ2) is 7.41. The predicted octanol–water partition coefficient (Wildman–Crippen LogP) is 1.12. The first-order valence-corrected chi connectivity index (χ1v) is 5.77. The molecular weight excluding hydrogens is 206 g/mol. The molecule has 0 bridgehead atoms. The third-order valence-electron chi connectivity index (χ3n) is 2.83. The summed E-state index contributed by atoms with van der Waals surface area (Å²) in [5, 5.41) is 3.32. The Balaban J connectivity index is 2.12. The van der Waals surface area contributed by atoms with E-state index in [1.807, 2.05) is 0 Å². The summed E-state index contributed by atoms with van der Waals surface area (Å²) in [5.74, 6) is 0.374. The van der Waals surface area contributed by atoms with E-state index in [4.69, 9.17) is 4.74 Å². The van der Waals surface area contributed by atoms with Crippen molar-refractivity contribution in [3.8, 4) is 0 Å². The summed E-state index contributed by atoms with van der Waals surface area (Å²) in [7, 11) is 1.38. The van der Waals surface area contributed by atoms with Gasteiger partial charge in [-0.25, -0.2) is 4.79 Å². The molecule has 1 rings (SSSR count). The van der Waals surface area contributed by atoms with Crippen LogP contribution in [0.3, 0.4) is 0 Å². The van der Waals surface area contributed by atoms with Crippen LogP contribution in [0.4, 0.5) is 0 Å². The molecule has 0 aromatic heterocycles. The van der Waals surface area contributed by atoms with Gasteiger partial charge in [0.15, 0.2) is 0 Å². The van der Waals surface area contributed by atoms with Gasteiger partial charge in [0.05, 0.1) is 13.7 Å². The molecule has 1 heterocycles. The van der Waals surface area contributed by atoms with E-state index in [-0.39, 0.29) is 5.97 Å². The molecule has 0 aromatic rings. The van der Waals surface area contributed by atoms with Crippen molar-refractivity contribution in [3.05, 3.63) is 11.6 Å². The Hall–Kier alpha value is -0.870. The van der Waals surface area contributed by atoms with Crippen LogP contribution in [-0.2, 0) is 14.3 Å². The van der Waals surface area contributed by atoms with E-state index >= 15 is 0 Å². The topological polar surface area (TPSA) is 47.6 Å². The smallest absolute Gasteiger partial charge is 0.333 e. The van der Waals surface area contributed by atoms with E-state index in [1.54, 1.807) is 13.0 Å². The van der Waals surface area contributed by atoms with Gasteiger partial charge in [0.1, 0.15) is 0 Å². The molecule has 0 unspecified atom stereocenters. The molecule has 4 heteroatoms. The highest BCUT2D eigenvalue weighted by molar-refractivity contribution is 5.87. The second-order valence-electron chi connectivity index (χ2n) is 4.11. The van der Waals surface area contributed by atoms with Gasteiger partial charge in [0.2, 0.25) is 0 Å².